The summed E-state index contributed by atoms with van der Waals surface area (Å²) in [6.45, 7) is 0. The monoisotopic (exact) mass is 208 g/mol. The van der Waals surface area contributed by atoms with Crippen LogP contribution in [-0.4, -0.2) is 9.97 Å². The SMILES string of the molecule is O=c1[nH]c(=S)[nH]cc1Cc1ccco1. The van der Waals surface area contributed by atoms with Gasteiger partial charge in [0.25, 0.3) is 5.56 Å². The molecule has 2 N–H and O–H groups in total. The Morgan fingerprint density at radius 3 is 3.00 bits per heavy atom. The molecule has 0 aliphatic carbocycles. The zero-order valence-electron chi connectivity index (χ0n) is 7.24. The molecule has 14 heavy (non-hydrogen) atoms. The van der Waals surface area contributed by atoms with Crippen molar-refractivity contribution in [1.82, 2.24) is 9.97 Å². The molecule has 5 heteroatoms. The molecule has 2 aromatic heterocycles. The summed E-state index contributed by atoms with van der Waals surface area (Å²) in [6, 6.07) is 3.61. The lowest BCUT2D eigenvalue weighted by Crippen LogP contribution is -2.13. The van der Waals surface area contributed by atoms with Gasteiger partial charge < -0.3 is 9.40 Å². The van der Waals surface area contributed by atoms with Crippen molar-refractivity contribution >= 4 is 12.2 Å². The van der Waals surface area contributed by atoms with E-state index < -0.39 is 0 Å². The summed E-state index contributed by atoms with van der Waals surface area (Å²) in [5.41, 5.74) is 0.429. The summed E-state index contributed by atoms with van der Waals surface area (Å²) < 4.78 is 5.46. The van der Waals surface area contributed by atoms with Crippen LogP contribution in [0.25, 0.3) is 0 Å². The lowest BCUT2D eigenvalue weighted by Gasteiger charge is -1.95. The van der Waals surface area contributed by atoms with E-state index in [2.05, 4.69) is 9.97 Å². The minimum absolute atomic E-state index is 0.176. The van der Waals surface area contributed by atoms with E-state index in [1.165, 1.54) is 0 Å². The highest BCUT2D eigenvalue weighted by molar-refractivity contribution is 7.71. The van der Waals surface area contributed by atoms with Gasteiger partial charge in [0.1, 0.15) is 5.76 Å². The van der Waals surface area contributed by atoms with Gasteiger partial charge in [-0.3, -0.25) is 9.78 Å². The molecule has 0 radical (unpaired) electrons. The van der Waals surface area contributed by atoms with Crippen LogP contribution < -0.4 is 5.56 Å². The zero-order valence-corrected chi connectivity index (χ0v) is 8.06. The molecule has 0 atom stereocenters. The second-order valence-corrected chi connectivity index (χ2v) is 3.26. The summed E-state index contributed by atoms with van der Waals surface area (Å²) >= 11 is 4.77. The molecule has 0 aromatic carbocycles. The molecule has 0 aliphatic rings. The summed E-state index contributed by atoms with van der Waals surface area (Å²) in [5.74, 6) is 0.751. The van der Waals surface area contributed by atoms with Gasteiger partial charge in [-0.2, -0.15) is 0 Å². The van der Waals surface area contributed by atoms with Gasteiger partial charge in [-0.15, -0.1) is 0 Å². The van der Waals surface area contributed by atoms with E-state index in [0.29, 0.717) is 16.8 Å². The Morgan fingerprint density at radius 2 is 2.36 bits per heavy atom. The van der Waals surface area contributed by atoms with Crippen LogP contribution >= 0.6 is 12.2 Å². The molecular formula is C9H8N2O2S. The number of hydrogen-bond donors (Lipinski definition) is 2. The van der Waals surface area contributed by atoms with E-state index in [9.17, 15) is 4.79 Å². The van der Waals surface area contributed by atoms with Gasteiger partial charge in [0.05, 0.1) is 6.26 Å². The average molecular weight is 208 g/mol. The number of nitrogens with one attached hydrogen (secondary N) is 2. The molecule has 0 unspecified atom stereocenters. The molecule has 0 saturated heterocycles. The number of furan rings is 1. The Bertz CT molecular complexity index is 524. The maximum Gasteiger partial charge on any atom is 0.255 e. The molecule has 0 fully saturated rings. The Balaban J connectivity index is 2.35. The minimum atomic E-state index is -0.176. The summed E-state index contributed by atoms with van der Waals surface area (Å²) in [6.07, 6.45) is 3.65. The minimum Gasteiger partial charge on any atom is -0.469 e. The van der Waals surface area contributed by atoms with Crippen LogP contribution in [0.1, 0.15) is 11.3 Å². The maximum absolute atomic E-state index is 11.4. The van der Waals surface area contributed by atoms with Crippen molar-refractivity contribution in [2.24, 2.45) is 0 Å². The fourth-order valence-corrected chi connectivity index (χ4v) is 1.32. The van der Waals surface area contributed by atoms with E-state index in [-0.39, 0.29) is 5.56 Å². The van der Waals surface area contributed by atoms with Crippen molar-refractivity contribution in [1.29, 1.82) is 0 Å². The first-order chi connectivity index (χ1) is 6.75. The van der Waals surface area contributed by atoms with E-state index in [4.69, 9.17) is 16.6 Å². The highest BCUT2D eigenvalue weighted by Crippen LogP contribution is 2.04. The smallest absolute Gasteiger partial charge is 0.255 e. The molecule has 0 aliphatic heterocycles. The molecule has 0 saturated carbocycles. The van der Waals surface area contributed by atoms with Gasteiger partial charge >= 0.3 is 0 Å². The van der Waals surface area contributed by atoms with E-state index >= 15 is 0 Å². The molecule has 2 heterocycles. The van der Waals surface area contributed by atoms with Crippen LogP contribution in [0.4, 0.5) is 0 Å². The lowest BCUT2D eigenvalue weighted by atomic mass is 10.2. The fraction of sp³-hybridized carbons (Fsp3) is 0.111. The predicted molar refractivity (Wildman–Crippen MR) is 53.8 cm³/mol. The number of hydrogen-bond acceptors (Lipinski definition) is 3. The largest absolute Gasteiger partial charge is 0.469 e. The molecule has 0 spiro atoms. The normalized spacial score (nSPS) is 10.3. The van der Waals surface area contributed by atoms with Crippen LogP contribution in [-0.2, 0) is 6.42 Å². The second kappa shape index (κ2) is 3.63. The Labute approximate surface area is 84.6 Å². The van der Waals surface area contributed by atoms with Gasteiger partial charge in [-0.1, -0.05) is 0 Å². The Hall–Kier alpha value is -1.62. The quantitative estimate of drug-likeness (QED) is 0.737. The lowest BCUT2D eigenvalue weighted by molar-refractivity contribution is 0.520. The first kappa shape index (κ1) is 8.96. The summed E-state index contributed by atoms with van der Waals surface area (Å²) in [5, 5.41) is 0. The summed E-state index contributed by atoms with van der Waals surface area (Å²) in [7, 11) is 0. The predicted octanol–water partition coefficient (Wildman–Crippen LogP) is 1.62. The van der Waals surface area contributed by atoms with Gasteiger partial charge in [0.2, 0.25) is 0 Å². The molecular weight excluding hydrogens is 200 g/mol. The molecule has 0 bridgehead atoms. The highest BCUT2D eigenvalue weighted by atomic mass is 32.1. The van der Waals surface area contributed by atoms with Crippen molar-refractivity contribution in [3.05, 3.63) is 51.0 Å². The average Bonchev–Trinajstić information content (AvgIpc) is 2.62. The van der Waals surface area contributed by atoms with Crippen molar-refractivity contribution < 1.29 is 4.42 Å². The fourth-order valence-electron chi connectivity index (χ4n) is 1.17. The Kier molecular flexibility index (Phi) is 2.32. The van der Waals surface area contributed by atoms with Crippen molar-refractivity contribution in [3.8, 4) is 0 Å². The standard InChI is InChI=1S/C9H8N2O2S/c12-8-6(5-10-9(14)11-8)4-7-2-1-3-13-7/h1-3,5H,4H2,(H2,10,11,12,14). The maximum atomic E-state index is 11.4. The molecule has 2 aromatic rings. The van der Waals surface area contributed by atoms with Gasteiger partial charge in [0.15, 0.2) is 4.77 Å². The molecule has 0 amide bonds. The van der Waals surface area contributed by atoms with E-state index in [1.54, 1.807) is 18.5 Å². The Morgan fingerprint density at radius 1 is 1.50 bits per heavy atom. The highest BCUT2D eigenvalue weighted by Gasteiger charge is 2.02. The number of rotatable bonds is 2. The molecule has 4 nitrogen and oxygen atoms in total. The van der Waals surface area contributed by atoms with Crippen molar-refractivity contribution in [3.63, 3.8) is 0 Å². The number of aromatic amines is 2. The third kappa shape index (κ3) is 1.82. The molecule has 2 rings (SSSR count). The van der Waals surface area contributed by atoms with Crippen molar-refractivity contribution in [2.75, 3.05) is 0 Å². The van der Waals surface area contributed by atoms with Crippen LogP contribution in [0.3, 0.4) is 0 Å². The van der Waals surface area contributed by atoms with Gasteiger partial charge in [0, 0.05) is 18.2 Å². The topological polar surface area (TPSA) is 61.8 Å². The van der Waals surface area contributed by atoms with Crippen LogP contribution in [0.15, 0.2) is 33.8 Å². The second-order valence-electron chi connectivity index (χ2n) is 2.85. The number of aromatic nitrogens is 2. The molecule has 72 valence electrons. The van der Waals surface area contributed by atoms with Gasteiger partial charge in [-0.05, 0) is 24.4 Å². The van der Waals surface area contributed by atoms with Gasteiger partial charge in [-0.25, -0.2) is 0 Å². The van der Waals surface area contributed by atoms with E-state index in [1.807, 2.05) is 6.07 Å². The number of H-pyrrole nitrogens is 2. The summed E-state index contributed by atoms with van der Waals surface area (Å²) in [4.78, 5) is 16.7. The van der Waals surface area contributed by atoms with Crippen LogP contribution in [0, 0.1) is 4.77 Å². The van der Waals surface area contributed by atoms with Crippen LogP contribution in [0.2, 0.25) is 0 Å². The third-order valence-electron chi connectivity index (χ3n) is 1.84. The van der Waals surface area contributed by atoms with E-state index in [0.717, 1.165) is 5.76 Å². The van der Waals surface area contributed by atoms with Crippen LogP contribution in [0.5, 0.6) is 0 Å². The third-order valence-corrected chi connectivity index (χ3v) is 2.06. The van der Waals surface area contributed by atoms with Crippen molar-refractivity contribution in [2.45, 2.75) is 6.42 Å². The zero-order chi connectivity index (χ0) is 9.97. The first-order valence-electron chi connectivity index (χ1n) is 4.09. The first-order valence-corrected chi connectivity index (χ1v) is 4.50.